The van der Waals surface area contributed by atoms with Crippen LogP contribution < -0.4 is 0 Å². The number of nitrogens with zero attached hydrogens (tertiary/aromatic N) is 4. The fraction of sp³-hybridized carbons (Fsp3) is 0.533. The van der Waals surface area contributed by atoms with Crippen LogP contribution in [0.5, 0.6) is 0 Å². The van der Waals surface area contributed by atoms with Gasteiger partial charge in [0, 0.05) is 54.0 Å². The first-order chi connectivity index (χ1) is 9.52. The number of thiazole rings is 1. The van der Waals surface area contributed by atoms with Gasteiger partial charge >= 0.3 is 0 Å². The van der Waals surface area contributed by atoms with Crippen molar-refractivity contribution in [3.63, 3.8) is 0 Å². The zero-order chi connectivity index (χ0) is 14.2. The van der Waals surface area contributed by atoms with Crippen LogP contribution in [0.15, 0.2) is 17.8 Å². The number of rotatable bonds is 2. The van der Waals surface area contributed by atoms with E-state index in [1.807, 2.05) is 17.8 Å². The van der Waals surface area contributed by atoms with Crippen molar-refractivity contribution >= 4 is 11.3 Å². The van der Waals surface area contributed by atoms with Gasteiger partial charge in [0.1, 0.15) is 10.8 Å². The summed E-state index contributed by atoms with van der Waals surface area (Å²) in [6.45, 7) is 9.38. The highest BCUT2D eigenvalue weighted by atomic mass is 32.1. The van der Waals surface area contributed by atoms with Gasteiger partial charge in [0.2, 0.25) is 0 Å². The van der Waals surface area contributed by atoms with Gasteiger partial charge in [-0.05, 0) is 0 Å². The fourth-order valence-corrected chi connectivity index (χ4v) is 3.05. The maximum absolute atomic E-state index is 4.77. The van der Waals surface area contributed by atoms with Gasteiger partial charge in [-0.15, -0.1) is 11.3 Å². The zero-order valence-electron chi connectivity index (χ0n) is 12.3. The SMILES string of the molecule is CC(C)(C)c1ncc2c(n1)CCN(Cc1nccs1)C2. The van der Waals surface area contributed by atoms with Crippen LogP contribution in [-0.4, -0.2) is 26.4 Å². The maximum Gasteiger partial charge on any atom is 0.133 e. The van der Waals surface area contributed by atoms with Gasteiger partial charge < -0.3 is 0 Å². The lowest BCUT2D eigenvalue weighted by atomic mass is 9.95. The molecule has 5 heteroatoms. The first kappa shape index (κ1) is 13.6. The molecule has 0 saturated heterocycles. The Hall–Kier alpha value is -1.33. The third kappa shape index (κ3) is 2.88. The molecule has 0 N–H and O–H groups in total. The van der Waals surface area contributed by atoms with E-state index < -0.39 is 0 Å². The molecule has 2 aromatic rings. The van der Waals surface area contributed by atoms with Crippen LogP contribution in [0.1, 0.15) is 42.9 Å². The number of hydrogen-bond donors (Lipinski definition) is 0. The summed E-state index contributed by atoms with van der Waals surface area (Å²) in [6, 6.07) is 0. The van der Waals surface area contributed by atoms with Crippen molar-refractivity contribution in [2.24, 2.45) is 0 Å². The monoisotopic (exact) mass is 288 g/mol. The van der Waals surface area contributed by atoms with Crippen molar-refractivity contribution in [1.29, 1.82) is 0 Å². The molecular formula is C15H20N4S. The Bertz CT molecular complexity index is 586. The average molecular weight is 288 g/mol. The van der Waals surface area contributed by atoms with Gasteiger partial charge in [0.05, 0.1) is 6.54 Å². The first-order valence-corrected chi connectivity index (χ1v) is 7.86. The second kappa shape index (κ2) is 5.22. The molecule has 0 saturated carbocycles. The standard InChI is InChI=1S/C15H20N4S/c1-15(2,3)14-17-8-11-9-19(6-4-12(11)18-14)10-13-16-5-7-20-13/h5,7-8H,4,6,9-10H2,1-3H3. The zero-order valence-corrected chi connectivity index (χ0v) is 13.1. The molecule has 0 radical (unpaired) electrons. The van der Waals surface area contributed by atoms with Gasteiger partial charge in [0.15, 0.2) is 0 Å². The van der Waals surface area contributed by atoms with Gasteiger partial charge in [-0.2, -0.15) is 0 Å². The predicted octanol–water partition coefficient (Wildman–Crippen LogP) is 2.79. The summed E-state index contributed by atoms with van der Waals surface area (Å²) < 4.78 is 0. The van der Waals surface area contributed by atoms with Gasteiger partial charge in [-0.1, -0.05) is 20.8 Å². The van der Waals surface area contributed by atoms with E-state index in [2.05, 4.69) is 35.6 Å². The molecule has 0 fully saturated rings. The Balaban J connectivity index is 1.75. The minimum absolute atomic E-state index is 0.0209. The molecule has 0 amide bonds. The normalized spacial score (nSPS) is 16.1. The van der Waals surface area contributed by atoms with Crippen LogP contribution in [0.4, 0.5) is 0 Å². The van der Waals surface area contributed by atoms with E-state index in [4.69, 9.17) is 4.98 Å². The minimum atomic E-state index is 0.0209. The van der Waals surface area contributed by atoms with E-state index in [0.717, 1.165) is 31.9 Å². The van der Waals surface area contributed by atoms with Crippen molar-refractivity contribution in [3.05, 3.63) is 39.9 Å². The smallest absolute Gasteiger partial charge is 0.133 e. The predicted molar refractivity (Wildman–Crippen MR) is 80.7 cm³/mol. The van der Waals surface area contributed by atoms with Crippen LogP contribution in [0.25, 0.3) is 0 Å². The average Bonchev–Trinajstić information content (AvgIpc) is 2.90. The lowest BCUT2D eigenvalue weighted by Gasteiger charge is -2.28. The Morgan fingerprint density at radius 1 is 1.30 bits per heavy atom. The summed E-state index contributed by atoms with van der Waals surface area (Å²) in [6.07, 6.45) is 4.89. The number of hydrogen-bond acceptors (Lipinski definition) is 5. The quantitative estimate of drug-likeness (QED) is 0.852. The van der Waals surface area contributed by atoms with Crippen molar-refractivity contribution in [2.75, 3.05) is 6.54 Å². The van der Waals surface area contributed by atoms with Crippen LogP contribution >= 0.6 is 11.3 Å². The molecule has 4 nitrogen and oxygen atoms in total. The van der Waals surface area contributed by atoms with Gasteiger partial charge in [-0.3, -0.25) is 4.90 Å². The topological polar surface area (TPSA) is 41.9 Å². The second-order valence-corrected chi connectivity index (χ2v) is 7.28. The number of fused-ring (bicyclic) bond motifs is 1. The Labute approximate surface area is 123 Å². The van der Waals surface area contributed by atoms with Gasteiger partial charge in [0.25, 0.3) is 0 Å². The summed E-state index contributed by atoms with van der Waals surface area (Å²) in [5, 5.41) is 3.21. The molecule has 0 spiro atoms. The van der Waals surface area contributed by atoms with Crippen molar-refractivity contribution in [2.45, 2.75) is 45.7 Å². The van der Waals surface area contributed by atoms with E-state index in [1.165, 1.54) is 16.3 Å². The molecule has 1 aliphatic heterocycles. The molecule has 3 heterocycles. The van der Waals surface area contributed by atoms with Crippen LogP contribution in [0, 0.1) is 0 Å². The summed E-state index contributed by atoms with van der Waals surface area (Å²) in [5.41, 5.74) is 2.51. The largest absolute Gasteiger partial charge is 0.292 e. The number of aromatic nitrogens is 3. The van der Waals surface area contributed by atoms with Crippen molar-refractivity contribution in [3.8, 4) is 0 Å². The first-order valence-electron chi connectivity index (χ1n) is 6.98. The molecule has 0 atom stereocenters. The highest BCUT2D eigenvalue weighted by Crippen LogP contribution is 2.23. The lowest BCUT2D eigenvalue weighted by Crippen LogP contribution is -2.31. The van der Waals surface area contributed by atoms with Crippen LogP contribution in [0.3, 0.4) is 0 Å². The van der Waals surface area contributed by atoms with E-state index >= 15 is 0 Å². The van der Waals surface area contributed by atoms with E-state index in [-0.39, 0.29) is 5.41 Å². The van der Waals surface area contributed by atoms with E-state index in [0.29, 0.717) is 0 Å². The fourth-order valence-electron chi connectivity index (χ4n) is 2.39. The lowest BCUT2D eigenvalue weighted by molar-refractivity contribution is 0.242. The molecule has 0 unspecified atom stereocenters. The maximum atomic E-state index is 4.77. The van der Waals surface area contributed by atoms with Crippen LogP contribution in [0.2, 0.25) is 0 Å². The second-order valence-electron chi connectivity index (χ2n) is 6.30. The summed E-state index contributed by atoms with van der Waals surface area (Å²) in [7, 11) is 0. The highest BCUT2D eigenvalue weighted by molar-refractivity contribution is 7.09. The Kier molecular flexibility index (Phi) is 3.56. The van der Waals surface area contributed by atoms with E-state index in [9.17, 15) is 0 Å². The Morgan fingerprint density at radius 3 is 2.85 bits per heavy atom. The molecule has 0 aromatic carbocycles. The summed E-state index contributed by atoms with van der Waals surface area (Å²) in [5.74, 6) is 0.949. The third-order valence-electron chi connectivity index (χ3n) is 3.53. The molecule has 0 bridgehead atoms. The van der Waals surface area contributed by atoms with Gasteiger partial charge in [-0.25, -0.2) is 15.0 Å². The molecule has 106 valence electrons. The molecule has 20 heavy (non-hydrogen) atoms. The molecule has 2 aromatic heterocycles. The summed E-state index contributed by atoms with van der Waals surface area (Å²) >= 11 is 1.72. The molecule has 3 rings (SSSR count). The Morgan fingerprint density at radius 2 is 2.15 bits per heavy atom. The molecule has 0 aliphatic carbocycles. The van der Waals surface area contributed by atoms with Crippen molar-refractivity contribution < 1.29 is 0 Å². The molecular weight excluding hydrogens is 268 g/mol. The minimum Gasteiger partial charge on any atom is -0.292 e. The third-order valence-corrected chi connectivity index (χ3v) is 4.29. The molecule has 1 aliphatic rings. The van der Waals surface area contributed by atoms with E-state index in [1.54, 1.807) is 11.3 Å². The summed E-state index contributed by atoms with van der Waals surface area (Å²) in [4.78, 5) is 16.1. The highest BCUT2D eigenvalue weighted by Gasteiger charge is 2.23. The van der Waals surface area contributed by atoms with Crippen LogP contribution in [-0.2, 0) is 24.9 Å². The van der Waals surface area contributed by atoms with Crippen molar-refractivity contribution in [1.82, 2.24) is 19.9 Å².